The second kappa shape index (κ2) is 3.96. The van der Waals surface area contributed by atoms with Crippen molar-refractivity contribution in [3.05, 3.63) is 21.4 Å². The summed E-state index contributed by atoms with van der Waals surface area (Å²) in [7, 11) is -3.40. The zero-order chi connectivity index (χ0) is 12.7. The van der Waals surface area contributed by atoms with Crippen LogP contribution in [-0.4, -0.2) is 25.2 Å². The van der Waals surface area contributed by atoms with Gasteiger partial charge in [0.25, 0.3) is 0 Å². The summed E-state index contributed by atoms with van der Waals surface area (Å²) in [6, 6.07) is 1.90. The van der Waals surface area contributed by atoms with Crippen molar-refractivity contribution in [3.8, 4) is 0 Å². The van der Waals surface area contributed by atoms with Gasteiger partial charge in [0, 0.05) is 11.1 Å². The predicted octanol–water partition coefficient (Wildman–Crippen LogP) is 2.37. The van der Waals surface area contributed by atoms with Crippen molar-refractivity contribution in [1.82, 2.24) is 0 Å². The Kier molecular flexibility index (Phi) is 3.32. The van der Waals surface area contributed by atoms with E-state index in [1.54, 1.807) is 0 Å². The summed E-state index contributed by atoms with van der Waals surface area (Å²) in [6.07, 6.45) is 1.10. The number of aryl methyl sites for hydroxylation is 2. The van der Waals surface area contributed by atoms with Gasteiger partial charge in [0.1, 0.15) is 4.75 Å². The molecule has 0 spiro atoms. The molecule has 0 saturated carbocycles. The summed E-state index contributed by atoms with van der Waals surface area (Å²) in [4.78, 5) is 13.7. The highest BCUT2D eigenvalue weighted by Crippen LogP contribution is 2.28. The zero-order valence-corrected chi connectivity index (χ0v) is 11.8. The van der Waals surface area contributed by atoms with Crippen LogP contribution in [0.4, 0.5) is 0 Å². The average molecular weight is 260 g/mol. The van der Waals surface area contributed by atoms with Crippen LogP contribution in [0.3, 0.4) is 0 Å². The molecule has 1 aromatic heterocycles. The Bertz CT molecular complexity index is 521. The number of sulfone groups is 1. The van der Waals surface area contributed by atoms with E-state index in [0.717, 1.165) is 16.7 Å². The minimum absolute atomic E-state index is 0.314. The first-order valence-electron chi connectivity index (χ1n) is 4.89. The summed E-state index contributed by atoms with van der Waals surface area (Å²) >= 11 is 1.35. The van der Waals surface area contributed by atoms with Crippen LogP contribution in [0.5, 0.6) is 0 Å². The first-order valence-corrected chi connectivity index (χ1v) is 7.59. The number of carbonyl (C=O) groups is 1. The van der Waals surface area contributed by atoms with Crippen LogP contribution in [0.2, 0.25) is 0 Å². The van der Waals surface area contributed by atoms with Gasteiger partial charge in [-0.2, -0.15) is 0 Å². The molecule has 0 unspecified atom stereocenters. The van der Waals surface area contributed by atoms with E-state index in [2.05, 4.69) is 0 Å². The van der Waals surface area contributed by atoms with Crippen molar-refractivity contribution in [2.75, 3.05) is 6.26 Å². The third-order valence-corrected chi connectivity index (χ3v) is 5.91. The van der Waals surface area contributed by atoms with E-state index in [4.69, 9.17) is 0 Å². The quantitative estimate of drug-likeness (QED) is 0.784. The van der Waals surface area contributed by atoms with Crippen molar-refractivity contribution < 1.29 is 13.2 Å². The third kappa shape index (κ3) is 2.20. The van der Waals surface area contributed by atoms with Gasteiger partial charge >= 0.3 is 0 Å². The second-order valence-corrected chi connectivity index (χ2v) is 8.30. The highest BCUT2D eigenvalue weighted by molar-refractivity contribution is 7.92. The molecule has 1 rings (SSSR count). The summed E-state index contributed by atoms with van der Waals surface area (Å²) in [5.41, 5.74) is 0.851. The van der Waals surface area contributed by atoms with Gasteiger partial charge in [0.15, 0.2) is 15.6 Å². The molecule has 0 fully saturated rings. The Morgan fingerprint density at radius 2 is 1.81 bits per heavy atom. The number of Topliss-reactive ketones (excluding diaryl/α,β-unsaturated/α-hetero) is 1. The molecule has 0 aliphatic rings. The monoisotopic (exact) mass is 260 g/mol. The van der Waals surface area contributed by atoms with Gasteiger partial charge in [-0.3, -0.25) is 4.79 Å². The lowest BCUT2D eigenvalue weighted by molar-refractivity contribution is 0.0957. The molecule has 1 heterocycles. The molecule has 0 atom stereocenters. The number of rotatable bonds is 3. The van der Waals surface area contributed by atoms with Crippen LogP contribution in [0.1, 0.15) is 34.0 Å². The van der Waals surface area contributed by atoms with Crippen LogP contribution in [-0.2, 0) is 9.84 Å². The minimum Gasteiger partial charge on any atom is -0.291 e. The van der Waals surface area contributed by atoms with E-state index in [0.29, 0.717) is 4.88 Å². The van der Waals surface area contributed by atoms with Crippen molar-refractivity contribution in [2.24, 2.45) is 0 Å². The van der Waals surface area contributed by atoms with Crippen LogP contribution in [0.15, 0.2) is 6.07 Å². The molecule has 90 valence electrons. The summed E-state index contributed by atoms with van der Waals surface area (Å²) < 4.78 is 21.8. The maximum atomic E-state index is 12.2. The molecule has 0 radical (unpaired) electrons. The predicted molar refractivity (Wildman–Crippen MR) is 67.0 cm³/mol. The Morgan fingerprint density at radius 1 is 1.31 bits per heavy atom. The van der Waals surface area contributed by atoms with Crippen LogP contribution < -0.4 is 0 Å². The number of hydrogen-bond acceptors (Lipinski definition) is 4. The van der Waals surface area contributed by atoms with Gasteiger partial charge < -0.3 is 0 Å². The van der Waals surface area contributed by atoms with Crippen LogP contribution in [0, 0.1) is 13.8 Å². The van der Waals surface area contributed by atoms with Gasteiger partial charge in [-0.05, 0) is 39.3 Å². The van der Waals surface area contributed by atoms with Gasteiger partial charge in [0.05, 0.1) is 4.88 Å². The molecule has 3 nitrogen and oxygen atoms in total. The van der Waals surface area contributed by atoms with E-state index < -0.39 is 14.6 Å². The molecule has 0 aliphatic heterocycles. The van der Waals surface area contributed by atoms with E-state index in [1.807, 2.05) is 19.9 Å². The lowest BCUT2D eigenvalue weighted by Gasteiger charge is -2.20. The number of hydrogen-bond donors (Lipinski definition) is 0. The second-order valence-electron chi connectivity index (χ2n) is 4.48. The van der Waals surface area contributed by atoms with Crippen molar-refractivity contribution in [3.63, 3.8) is 0 Å². The fraction of sp³-hybridized carbons (Fsp3) is 0.545. The third-order valence-electron chi connectivity index (χ3n) is 2.72. The molecule has 0 bridgehead atoms. The maximum absolute atomic E-state index is 12.2. The van der Waals surface area contributed by atoms with Gasteiger partial charge in [0.2, 0.25) is 0 Å². The SMILES string of the molecule is Cc1cc(C)c(C(=O)C(C)(C)S(C)(=O)=O)s1. The number of carbonyl (C=O) groups excluding carboxylic acids is 1. The molecule has 0 aliphatic carbocycles. The molecule has 0 amide bonds. The number of thiophene rings is 1. The molecule has 1 aromatic rings. The smallest absolute Gasteiger partial charge is 0.193 e. The first kappa shape index (κ1) is 13.4. The molecule has 0 N–H and O–H groups in total. The van der Waals surface area contributed by atoms with Gasteiger partial charge in [-0.15, -0.1) is 11.3 Å². The van der Waals surface area contributed by atoms with Gasteiger partial charge in [-0.25, -0.2) is 8.42 Å². The highest BCUT2D eigenvalue weighted by atomic mass is 32.2. The summed E-state index contributed by atoms with van der Waals surface area (Å²) in [6.45, 7) is 6.65. The van der Waals surface area contributed by atoms with Crippen molar-refractivity contribution in [1.29, 1.82) is 0 Å². The molecule has 5 heteroatoms. The van der Waals surface area contributed by atoms with Crippen molar-refractivity contribution in [2.45, 2.75) is 32.4 Å². The Balaban J connectivity index is 3.28. The standard InChI is InChI=1S/C11H16O3S2/c1-7-6-8(2)15-9(7)10(12)11(3,4)16(5,13)14/h6H,1-5H3. The van der Waals surface area contributed by atoms with E-state index in [9.17, 15) is 13.2 Å². The largest absolute Gasteiger partial charge is 0.291 e. The average Bonchev–Trinajstić information content (AvgIpc) is 2.41. The molecule has 16 heavy (non-hydrogen) atoms. The molecule has 0 saturated heterocycles. The molecular formula is C11H16O3S2. The number of ketones is 1. The fourth-order valence-corrected chi connectivity index (χ4v) is 2.94. The topological polar surface area (TPSA) is 51.2 Å². The maximum Gasteiger partial charge on any atom is 0.193 e. The van der Waals surface area contributed by atoms with Crippen molar-refractivity contribution >= 4 is 27.0 Å². The van der Waals surface area contributed by atoms with Gasteiger partial charge in [-0.1, -0.05) is 0 Å². The Morgan fingerprint density at radius 3 is 2.12 bits per heavy atom. The molecular weight excluding hydrogens is 244 g/mol. The highest BCUT2D eigenvalue weighted by Gasteiger charge is 2.40. The fourth-order valence-electron chi connectivity index (χ4n) is 1.31. The van der Waals surface area contributed by atoms with E-state index in [-0.39, 0.29) is 5.78 Å². The lowest BCUT2D eigenvalue weighted by Crippen LogP contribution is -2.39. The lowest BCUT2D eigenvalue weighted by atomic mass is 10.0. The van der Waals surface area contributed by atoms with E-state index in [1.165, 1.54) is 25.2 Å². The Labute approximate surface area is 100 Å². The summed E-state index contributed by atoms with van der Waals surface area (Å²) in [5.74, 6) is -0.314. The molecule has 0 aromatic carbocycles. The van der Waals surface area contributed by atoms with Crippen LogP contribution >= 0.6 is 11.3 Å². The minimum atomic E-state index is -3.40. The Hall–Kier alpha value is -0.680. The van der Waals surface area contributed by atoms with Crippen LogP contribution in [0.25, 0.3) is 0 Å². The zero-order valence-electron chi connectivity index (χ0n) is 10.1. The normalized spacial score (nSPS) is 12.8. The van der Waals surface area contributed by atoms with E-state index >= 15 is 0 Å². The first-order chi connectivity index (χ1) is 7.07. The summed E-state index contributed by atoms with van der Waals surface area (Å²) in [5, 5.41) is 0.